The van der Waals surface area contributed by atoms with E-state index in [1.807, 2.05) is 0 Å². The van der Waals surface area contributed by atoms with Crippen molar-refractivity contribution in [3.05, 3.63) is 35.4 Å². The van der Waals surface area contributed by atoms with Crippen LogP contribution in [0.1, 0.15) is 22.8 Å². The summed E-state index contributed by atoms with van der Waals surface area (Å²) in [4.78, 5) is 35.2. The summed E-state index contributed by atoms with van der Waals surface area (Å²) in [5.41, 5.74) is -2.69. The lowest BCUT2D eigenvalue weighted by molar-refractivity contribution is -0.158. The Morgan fingerprint density at radius 3 is 2.72 bits per heavy atom. The summed E-state index contributed by atoms with van der Waals surface area (Å²) in [6, 6.07) is 6.17. The molecule has 0 fully saturated rings. The van der Waals surface area contributed by atoms with Crippen LogP contribution in [0.3, 0.4) is 0 Å². The highest BCUT2D eigenvalue weighted by Gasteiger charge is 2.57. The van der Waals surface area contributed by atoms with E-state index in [1.165, 1.54) is 13.0 Å². The summed E-state index contributed by atoms with van der Waals surface area (Å²) >= 11 is 0. The molecule has 0 N–H and O–H groups in total. The van der Waals surface area contributed by atoms with Crippen LogP contribution in [0.4, 0.5) is 4.39 Å². The van der Waals surface area contributed by atoms with E-state index in [4.69, 9.17) is 0 Å². The van der Waals surface area contributed by atoms with Crippen molar-refractivity contribution >= 4 is 17.5 Å². The molecule has 0 amide bonds. The maximum atomic E-state index is 14.4. The largest absolute Gasteiger partial charge is 0.463 e. The Hall–Kier alpha value is -2.04. The highest BCUT2D eigenvalue weighted by Crippen LogP contribution is 2.30. The Morgan fingerprint density at radius 2 is 2.06 bits per heavy atom. The van der Waals surface area contributed by atoms with Crippen molar-refractivity contribution in [2.75, 3.05) is 6.61 Å². The third-order valence-corrected chi connectivity index (χ3v) is 2.87. The average molecular weight is 250 g/mol. The first-order valence-corrected chi connectivity index (χ1v) is 5.54. The van der Waals surface area contributed by atoms with Crippen molar-refractivity contribution < 1.29 is 23.5 Å². The summed E-state index contributed by atoms with van der Waals surface area (Å²) in [6.07, 6.45) is -0.281. The van der Waals surface area contributed by atoms with Crippen LogP contribution in [-0.2, 0) is 20.7 Å². The van der Waals surface area contributed by atoms with Crippen LogP contribution in [0, 0.1) is 0 Å². The second-order valence-electron chi connectivity index (χ2n) is 3.97. The van der Waals surface area contributed by atoms with Gasteiger partial charge in [0.15, 0.2) is 5.78 Å². The lowest BCUT2D eigenvalue weighted by Crippen LogP contribution is -2.54. The molecule has 1 unspecified atom stereocenters. The fourth-order valence-electron chi connectivity index (χ4n) is 1.94. The molecule has 1 aliphatic rings. The number of ketones is 2. The van der Waals surface area contributed by atoms with Crippen LogP contribution >= 0.6 is 0 Å². The molecule has 0 spiro atoms. The van der Waals surface area contributed by atoms with Crippen LogP contribution < -0.4 is 0 Å². The van der Waals surface area contributed by atoms with Gasteiger partial charge in [-0.3, -0.25) is 9.59 Å². The number of benzene rings is 1. The first-order chi connectivity index (χ1) is 8.51. The van der Waals surface area contributed by atoms with Crippen molar-refractivity contribution in [1.82, 2.24) is 0 Å². The van der Waals surface area contributed by atoms with E-state index < -0.39 is 23.2 Å². The van der Waals surface area contributed by atoms with E-state index in [-0.39, 0.29) is 18.6 Å². The monoisotopic (exact) mass is 250 g/mol. The number of hydrogen-bond donors (Lipinski definition) is 0. The number of carbonyl (C=O) groups excluding carboxylic acids is 3. The number of ether oxygens (including phenoxy) is 1. The molecular weight excluding hydrogens is 239 g/mol. The zero-order chi connectivity index (χ0) is 13.3. The highest BCUT2D eigenvalue weighted by atomic mass is 19.1. The van der Waals surface area contributed by atoms with Crippen LogP contribution in [0.2, 0.25) is 0 Å². The van der Waals surface area contributed by atoms with E-state index in [2.05, 4.69) is 4.74 Å². The zero-order valence-corrected chi connectivity index (χ0v) is 9.73. The standard InChI is InChI=1S/C13H11FO4/c1-2-18-12(17)13(14)10(15)7-8-5-3-4-6-9(8)11(13)16/h3-6H,2,7H2,1H3. The fraction of sp³-hybridized carbons (Fsp3) is 0.308. The second-order valence-corrected chi connectivity index (χ2v) is 3.97. The topological polar surface area (TPSA) is 60.4 Å². The third kappa shape index (κ3) is 1.63. The second kappa shape index (κ2) is 4.33. The number of fused-ring (bicyclic) bond motifs is 1. The normalized spacial score (nSPS) is 22.6. The number of carbonyl (C=O) groups is 3. The van der Waals surface area contributed by atoms with Gasteiger partial charge in [0.05, 0.1) is 6.61 Å². The summed E-state index contributed by atoms with van der Waals surface area (Å²) in [7, 11) is 0. The minimum absolute atomic E-state index is 0.0626. The molecule has 2 rings (SSSR count). The molecule has 1 aromatic rings. The predicted molar refractivity (Wildman–Crippen MR) is 60.0 cm³/mol. The molecule has 0 heterocycles. The van der Waals surface area contributed by atoms with Crippen LogP contribution in [0.5, 0.6) is 0 Å². The molecule has 18 heavy (non-hydrogen) atoms. The first-order valence-electron chi connectivity index (χ1n) is 5.54. The summed E-state index contributed by atoms with van der Waals surface area (Å²) in [5.74, 6) is -3.62. The Morgan fingerprint density at radius 1 is 1.39 bits per heavy atom. The van der Waals surface area contributed by atoms with Gasteiger partial charge in [-0.25, -0.2) is 9.18 Å². The van der Waals surface area contributed by atoms with Crippen molar-refractivity contribution in [2.45, 2.75) is 19.0 Å². The Bertz CT molecular complexity index is 538. The lowest BCUT2D eigenvalue weighted by Gasteiger charge is -2.26. The number of halogens is 1. The quantitative estimate of drug-likeness (QED) is 0.585. The number of esters is 1. The first kappa shape index (κ1) is 12.4. The molecule has 1 aromatic carbocycles. The lowest BCUT2D eigenvalue weighted by atomic mass is 9.79. The number of rotatable bonds is 2. The molecule has 0 aliphatic heterocycles. The van der Waals surface area contributed by atoms with Gasteiger partial charge < -0.3 is 4.74 Å². The van der Waals surface area contributed by atoms with Gasteiger partial charge in [-0.15, -0.1) is 0 Å². The summed E-state index contributed by atoms with van der Waals surface area (Å²) < 4.78 is 18.9. The van der Waals surface area contributed by atoms with E-state index in [0.29, 0.717) is 5.56 Å². The Kier molecular flexibility index (Phi) is 2.98. The SMILES string of the molecule is CCOC(=O)C1(F)C(=O)Cc2ccccc2C1=O. The highest BCUT2D eigenvalue weighted by molar-refractivity contribution is 6.33. The van der Waals surface area contributed by atoms with Gasteiger partial charge in [-0.2, -0.15) is 0 Å². The van der Waals surface area contributed by atoms with Gasteiger partial charge in [0, 0.05) is 12.0 Å². The summed E-state index contributed by atoms with van der Waals surface area (Å²) in [5, 5.41) is 0. The van der Waals surface area contributed by atoms with Crippen LogP contribution in [0.25, 0.3) is 0 Å². The summed E-state index contributed by atoms with van der Waals surface area (Å²) in [6.45, 7) is 1.39. The molecule has 5 heteroatoms. The van der Waals surface area contributed by atoms with Gasteiger partial charge in [0.1, 0.15) is 0 Å². The molecule has 0 radical (unpaired) electrons. The molecule has 1 aliphatic carbocycles. The molecule has 0 bridgehead atoms. The zero-order valence-electron chi connectivity index (χ0n) is 9.73. The van der Waals surface area contributed by atoms with E-state index >= 15 is 0 Å². The third-order valence-electron chi connectivity index (χ3n) is 2.87. The van der Waals surface area contributed by atoms with Gasteiger partial charge in [-0.05, 0) is 12.5 Å². The van der Waals surface area contributed by atoms with Crippen molar-refractivity contribution in [3.8, 4) is 0 Å². The molecule has 94 valence electrons. The molecular formula is C13H11FO4. The molecule has 0 aromatic heterocycles. The minimum Gasteiger partial charge on any atom is -0.463 e. The minimum atomic E-state index is -3.19. The van der Waals surface area contributed by atoms with E-state index in [9.17, 15) is 18.8 Å². The van der Waals surface area contributed by atoms with Crippen LogP contribution in [-0.4, -0.2) is 29.8 Å². The molecule has 4 nitrogen and oxygen atoms in total. The van der Waals surface area contributed by atoms with Crippen LogP contribution in [0.15, 0.2) is 24.3 Å². The van der Waals surface area contributed by atoms with Gasteiger partial charge in [0.25, 0.3) is 0 Å². The van der Waals surface area contributed by atoms with Crippen molar-refractivity contribution in [1.29, 1.82) is 0 Å². The molecule has 0 saturated carbocycles. The smallest absolute Gasteiger partial charge is 0.360 e. The van der Waals surface area contributed by atoms with E-state index in [1.54, 1.807) is 18.2 Å². The van der Waals surface area contributed by atoms with E-state index in [0.717, 1.165) is 0 Å². The fourth-order valence-corrected chi connectivity index (χ4v) is 1.94. The predicted octanol–water partition coefficient (Wildman–Crippen LogP) is 1.27. The van der Waals surface area contributed by atoms with Gasteiger partial charge >= 0.3 is 11.6 Å². The van der Waals surface area contributed by atoms with Gasteiger partial charge in [-0.1, -0.05) is 24.3 Å². The Balaban J connectivity index is 2.50. The number of Topliss-reactive ketones (excluding diaryl/α,β-unsaturated/α-hetero) is 2. The molecule has 0 saturated heterocycles. The van der Waals surface area contributed by atoms with Crippen molar-refractivity contribution in [3.63, 3.8) is 0 Å². The maximum Gasteiger partial charge on any atom is 0.360 e. The van der Waals surface area contributed by atoms with Crippen molar-refractivity contribution in [2.24, 2.45) is 0 Å². The Labute approximate surface area is 103 Å². The maximum absolute atomic E-state index is 14.4. The number of alkyl halides is 1. The molecule has 1 atom stereocenters. The average Bonchev–Trinajstić information content (AvgIpc) is 2.36. The van der Waals surface area contributed by atoms with Gasteiger partial charge in [0.2, 0.25) is 5.78 Å². The number of hydrogen-bond acceptors (Lipinski definition) is 4.